The summed E-state index contributed by atoms with van der Waals surface area (Å²) in [7, 11) is 0. The number of carbonyl (C=O) groups is 1. The number of halogens is 2. The number of rotatable bonds is 4. The van der Waals surface area contributed by atoms with E-state index in [1.165, 1.54) is 5.56 Å². The molecule has 0 N–H and O–H groups in total. The molecule has 0 bridgehead atoms. The van der Waals surface area contributed by atoms with Crippen LogP contribution in [0.25, 0.3) is 22.1 Å². The fraction of sp³-hybridized carbons (Fsp3) is 0.125. The van der Waals surface area contributed by atoms with Crippen LogP contribution in [0.1, 0.15) is 34.2 Å². The summed E-state index contributed by atoms with van der Waals surface area (Å²) in [5.41, 5.74) is 5.33. The number of hydrogen-bond acceptors (Lipinski definition) is 2. The zero-order chi connectivity index (χ0) is 19.8. The van der Waals surface area contributed by atoms with Crippen molar-refractivity contribution in [3.63, 3.8) is 0 Å². The summed E-state index contributed by atoms with van der Waals surface area (Å²) in [5.74, 6) is 0.0589. The third-order valence-corrected chi connectivity index (χ3v) is 5.54. The van der Waals surface area contributed by atoms with Crippen LogP contribution in [0.4, 0.5) is 0 Å². The first-order valence-electron chi connectivity index (χ1n) is 9.10. The lowest BCUT2D eigenvalue weighted by molar-refractivity contribution is 0.101. The van der Waals surface area contributed by atoms with Crippen LogP contribution in [0, 0.1) is 6.92 Å². The van der Waals surface area contributed by atoms with E-state index < -0.39 is 0 Å². The zero-order valence-corrected chi connectivity index (χ0v) is 17.1. The van der Waals surface area contributed by atoms with Crippen LogP contribution in [-0.4, -0.2) is 5.78 Å². The Hall–Kier alpha value is -2.55. The van der Waals surface area contributed by atoms with Gasteiger partial charge in [0.2, 0.25) is 5.78 Å². The number of benzene rings is 3. The molecule has 0 unspecified atom stereocenters. The van der Waals surface area contributed by atoms with Crippen molar-refractivity contribution >= 4 is 40.0 Å². The maximum absolute atomic E-state index is 13.0. The Bertz CT molecular complexity index is 1200. The highest BCUT2D eigenvalue weighted by molar-refractivity contribution is 6.37. The summed E-state index contributed by atoms with van der Waals surface area (Å²) in [4.78, 5) is 13.0. The summed E-state index contributed by atoms with van der Waals surface area (Å²) in [6.07, 6.45) is 0.983. The number of hydrogen-bond donors (Lipinski definition) is 0. The quantitative estimate of drug-likeness (QED) is 0.327. The van der Waals surface area contributed by atoms with Crippen molar-refractivity contribution in [1.29, 1.82) is 0 Å². The molecule has 1 heterocycles. The van der Waals surface area contributed by atoms with Crippen LogP contribution in [0.3, 0.4) is 0 Å². The van der Waals surface area contributed by atoms with Crippen LogP contribution in [-0.2, 0) is 6.42 Å². The first-order valence-corrected chi connectivity index (χ1v) is 9.85. The number of aryl methyl sites for hydroxylation is 2. The van der Waals surface area contributed by atoms with Gasteiger partial charge >= 0.3 is 0 Å². The minimum Gasteiger partial charge on any atom is -0.452 e. The van der Waals surface area contributed by atoms with E-state index in [0.717, 1.165) is 28.5 Å². The molecule has 28 heavy (non-hydrogen) atoms. The topological polar surface area (TPSA) is 30.2 Å². The molecular formula is C24H18Cl2O2. The normalized spacial score (nSPS) is 11.1. The highest BCUT2D eigenvalue weighted by Crippen LogP contribution is 2.33. The lowest BCUT2D eigenvalue weighted by atomic mass is 10.00. The van der Waals surface area contributed by atoms with E-state index in [4.69, 9.17) is 27.6 Å². The van der Waals surface area contributed by atoms with E-state index in [0.29, 0.717) is 27.0 Å². The Morgan fingerprint density at radius 1 is 0.964 bits per heavy atom. The predicted molar refractivity (Wildman–Crippen MR) is 116 cm³/mol. The van der Waals surface area contributed by atoms with Crippen molar-refractivity contribution in [2.24, 2.45) is 0 Å². The molecule has 0 aliphatic heterocycles. The van der Waals surface area contributed by atoms with Crippen molar-refractivity contribution < 1.29 is 9.21 Å². The van der Waals surface area contributed by atoms with Crippen molar-refractivity contribution in [1.82, 2.24) is 0 Å². The molecular weight excluding hydrogens is 391 g/mol. The average molecular weight is 409 g/mol. The molecule has 0 fully saturated rings. The number of fused-ring (bicyclic) bond motifs is 1. The monoisotopic (exact) mass is 408 g/mol. The summed E-state index contributed by atoms with van der Waals surface area (Å²) in [6.45, 7) is 4.03. The molecule has 4 heteroatoms. The van der Waals surface area contributed by atoms with Gasteiger partial charge in [0.15, 0.2) is 5.76 Å². The lowest BCUT2D eigenvalue weighted by Crippen LogP contribution is -2.02. The smallest absolute Gasteiger partial charge is 0.229 e. The molecule has 0 atom stereocenters. The Morgan fingerprint density at radius 2 is 1.75 bits per heavy atom. The third-order valence-electron chi connectivity index (χ3n) is 4.99. The van der Waals surface area contributed by atoms with Gasteiger partial charge in [0.25, 0.3) is 0 Å². The highest BCUT2D eigenvalue weighted by Gasteiger charge is 2.21. The second kappa shape index (κ2) is 7.46. The molecule has 3 aromatic carbocycles. The van der Waals surface area contributed by atoms with Gasteiger partial charge in [-0.1, -0.05) is 66.5 Å². The Kier molecular flexibility index (Phi) is 5.01. The Balaban J connectivity index is 1.79. The molecule has 0 saturated heterocycles. The Morgan fingerprint density at radius 3 is 2.50 bits per heavy atom. The third kappa shape index (κ3) is 3.34. The van der Waals surface area contributed by atoms with E-state index in [9.17, 15) is 4.79 Å². The van der Waals surface area contributed by atoms with E-state index in [2.05, 4.69) is 37.3 Å². The molecule has 1 aromatic heterocycles. The summed E-state index contributed by atoms with van der Waals surface area (Å²) in [5, 5.41) is 1.72. The summed E-state index contributed by atoms with van der Waals surface area (Å²) >= 11 is 12.2. The highest BCUT2D eigenvalue weighted by atomic mass is 35.5. The summed E-state index contributed by atoms with van der Waals surface area (Å²) < 4.78 is 5.98. The van der Waals surface area contributed by atoms with Gasteiger partial charge in [-0.25, -0.2) is 0 Å². The minimum atomic E-state index is -0.245. The molecule has 0 amide bonds. The van der Waals surface area contributed by atoms with Crippen LogP contribution >= 0.6 is 23.2 Å². The first-order chi connectivity index (χ1) is 13.5. The van der Waals surface area contributed by atoms with Gasteiger partial charge in [0, 0.05) is 21.5 Å². The first kappa shape index (κ1) is 18.8. The zero-order valence-electron chi connectivity index (χ0n) is 15.6. The molecule has 4 rings (SSSR count). The van der Waals surface area contributed by atoms with Crippen LogP contribution in [0.2, 0.25) is 10.0 Å². The Labute approximate surface area is 173 Å². The van der Waals surface area contributed by atoms with Gasteiger partial charge in [-0.3, -0.25) is 4.79 Å². The molecule has 0 saturated carbocycles. The average Bonchev–Trinajstić information content (AvgIpc) is 3.03. The van der Waals surface area contributed by atoms with E-state index in [1.54, 1.807) is 18.2 Å². The van der Waals surface area contributed by atoms with E-state index >= 15 is 0 Å². The lowest BCUT2D eigenvalue weighted by Gasteiger charge is -2.04. The molecule has 0 aliphatic carbocycles. The standard InChI is InChI=1S/C24H18Cl2O2/c1-3-15-5-4-6-16(11-15)17-7-9-19-14(2)24(28-22(19)12-17)23(27)20-10-8-18(25)13-21(20)26/h4-13H,3H2,1-2H3. The SMILES string of the molecule is CCc1cccc(-c2ccc3c(C)c(C(=O)c4ccc(Cl)cc4Cl)oc3c2)c1. The molecule has 0 aliphatic rings. The number of furan rings is 1. The second-order valence-electron chi connectivity index (χ2n) is 6.77. The number of ketones is 1. The van der Waals surface area contributed by atoms with Gasteiger partial charge in [-0.2, -0.15) is 0 Å². The van der Waals surface area contributed by atoms with Gasteiger partial charge in [-0.05, 0) is 54.3 Å². The molecule has 0 spiro atoms. The van der Waals surface area contributed by atoms with Gasteiger partial charge in [0.05, 0.1) is 5.02 Å². The van der Waals surface area contributed by atoms with E-state index in [-0.39, 0.29) is 5.78 Å². The van der Waals surface area contributed by atoms with Gasteiger partial charge in [0.1, 0.15) is 5.58 Å². The number of carbonyl (C=O) groups excluding carboxylic acids is 1. The van der Waals surface area contributed by atoms with Crippen molar-refractivity contribution in [2.45, 2.75) is 20.3 Å². The van der Waals surface area contributed by atoms with Gasteiger partial charge in [-0.15, -0.1) is 0 Å². The predicted octanol–water partition coefficient (Wildman–Crippen LogP) is 7.51. The van der Waals surface area contributed by atoms with Crippen LogP contribution in [0.5, 0.6) is 0 Å². The van der Waals surface area contributed by atoms with Crippen molar-refractivity contribution in [2.75, 3.05) is 0 Å². The maximum atomic E-state index is 13.0. The van der Waals surface area contributed by atoms with Crippen molar-refractivity contribution in [3.8, 4) is 11.1 Å². The minimum absolute atomic E-state index is 0.245. The van der Waals surface area contributed by atoms with Crippen LogP contribution < -0.4 is 0 Å². The second-order valence-corrected chi connectivity index (χ2v) is 7.62. The molecule has 0 radical (unpaired) electrons. The van der Waals surface area contributed by atoms with E-state index in [1.807, 2.05) is 19.1 Å². The van der Waals surface area contributed by atoms with Gasteiger partial charge < -0.3 is 4.42 Å². The molecule has 2 nitrogen and oxygen atoms in total. The fourth-order valence-corrected chi connectivity index (χ4v) is 3.88. The summed E-state index contributed by atoms with van der Waals surface area (Å²) in [6, 6.07) is 19.3. The molecule has 4 aromatic rings. The van der Waals surface area contributed by atoms with Crippen LogP contribution in [0.15, 0.2) is 65.1 Å². The largest absolute Gasteiger partial charge is 0.452 e. The molecule has 140 valence electrons. The van der Waals surface area contributed by atoms with Crippen molar-refractivity contribution in [3.05, 3.63) is 93.2 Å². The maximum Gasteiger partial charge on any atom is 0.229 e. The fourth-order valence-electron chi connectivity index (χ4n) is 3.39.